The van der Waals surface area contributed by atoms with E-state index in [0.717, 1.165) is 26.0 Å². The zero-order valence-corrected chi connectivity index (χ0v) is 18.8. The molecule has 0 saturated carbocycles. The molecule has 2 heterocycles. The second-order valence-corrected chi connectivity index (χ2v) is 10.1. The number of hydrogen-bond acceptors (Lipinski definition) is 4. The van der Waals surface area contributed by atoms with Gasteiger partial charge in [-0.2, -0.15) is 0 Å². The second kappa shape index (κ2) is 8.07. The van der Waals surface area contributed by atoms with Gasteiger partial charge < -0.3 is 0 Å². The Morgan fingerprint density at radius 3 is 2.07 bits per heavy atom. The number of thiazole rings is 1. The minimum absolute atomic E-state index is 0.0575. The van der Waals surface area contributed by atoms with E-state index in [4.69, 9.17) is 24.4 Å². The molecule has 1 atom stereocenters. The number of nitrogens with zero attached hydrogens (tertiary/aromatic N) is 2. The van der Waals surface area contributed by atoms with Crippen molar-refractivity contribution in [1.29, 1.82) is 0 Å². The molecule has 3 aromatic carbocycles. The molecule has 30 heavy (non-hydrogen) atoms. The van der Waals surface area contributed by atoms with Crippen LogP contribution in [0.2, 0.25) is 0 Å². The molecule has 1 aliphatic heterocycles. The average molecular weight is 467 g/mol. The monoisotopic (exact) mass is 466 g/mol. The Hall–Kier alpha value is -2.32. The molecule has 0 saturated heterocycles. The number of thiocarbonyl (C=S) groups is 1. The highest BCUT2D eigenvalue weighted by atomic mass is 32.2. The summed E-state index contributed by atoms with van der Waals surface area (Å²) < 4.78 is 17.1. The number of thioether (sulfide) groups is 1. The van der Waals surface area contributed by atoms with Gasteiger partial charge in [-0.25, -0.2) is 4.39 Å². The molecular weight excluding hydrogens is 452 g/mol. The van der Waals surface area contributed by atoms with Crippen molar-refractivity contribution in [2.45, 2.75) is 5.25 Å². The first-order chi connectivity index (χ1) is 14.6. The van der Waals surface area contributed by atoms with E-state index in [9.17, 15) is 4.39 Å². The summed E-state index contributed by atoms with van der Waals surface area (Å²) in [5.74, 6) is 0.655. The lowest BCUT2D eigenvalue weighted by atomic mass is 10.1. The molecule has 1 aromatic heterocycles. The highest BCUT2D eigenvalue weighted by molar-refractivity contribution is 8.23. The van der Waals surface area contributed by atoms with Crippen LogP contribution in [0.3, 0.4) is 0 Å². The Balaban J connectivity index is 1.78. The Kier molecular flexibility index (Phi) is 5.28. The molecule has 0 spiro atoms. The van der Waals surface area contributed by atoms with Gasteiger partial charge in [0.2, 0.25) is 0 Å². The smallest absolute Gasteiger partial charge is 0.167 e. The van der Waals surface area contributed by atoms with Crippen LogP contribution in [-0.4, -0.2) is 8.89 Å². The normalized spacial score (nSPS) is 15.8. The number of para-hydroxylation sites is 1. The Bertz CT molecular complexity index is 1260. The maximum absolute atomic E-state index is 13.6. The number of anilines is 2. The molecule has 5 rings (SSSR count). The Morgan fingerprint density at radius 1 is 0.767 bits per heavy atom. The molecule has 0 N–H and O–H groups in total. The van der Waals surface area contributed by atoms with Crippen LogP contribution < -0.4 is 4.90 Å². The predicted octanol–water partition coefficient (Wildman–Crippen LogP) is 7.67. The topological polar surface area (TPSA) is 8.17 Å². The summed E-state index contributed by atoms with van der Waals surface area (Å²) in [6.07, 6.45) is 0. The van der Waals surface area contributed by atoms with Crippen LogP contribution in [0.5, 0.6) is 0 Å². The second-order valence-electron chi connectivity index (χ2n) is 6.71. The number of hydrogen-bond donors (Lipinski definition) is 0. The van der Waals surface area contributed by atoms with Crippen molar-refractivity contribution < 1.29 is 4.39 Å². The Labute approximate surface area is 192 Å². The van der Waals surface area contributed by atoms with Gasteiger partial charge in [-0.3, -0.25) is 9.47 Å². The summed E-state index contributed by atoms with van der Waals surface area (Å²) in [6, 6.07) is 26.8. The maximum atomic E-state index is 13.6. The van der Waals surface area contributed by atoms with Crippen molar-refractivity contribution in [2.75, 3.05) is 4.90 Å². The molecule has 0 bridgehead atoms. The van der Waals surface area contributed by atoms with Gasteiger partial charge in [0.05, 0.1) is 10.1 Å². The van der Waals surface area contributed by atoms with Crippen LogP contribution in [-0.2, 0) is 0 Å². The summed E-state index contributed by atoms with van der Waals surface area (Å²) in [4.78, 5) is 3.14. The van der Waals surface area contributed by atoms with Crippen LogP contribution >= 0.6 is 47.5 Å². The fourth-order valence-corrected chi connectivity index (χ4v) is 6.75. The highest BCUT2D eigenvalue weighted by Gasteiger charge is 2.36. The summed E-state index contributed by atoms with van der Waals surface area (Å²) in [5.41, 5.74) is 2.98. The first-order valence-electron chi connectivity index (χ1n) is 9.26. The lowest BCUT2D eigenvalue weighted by Gasteiger charge is -2.34. The number of fused-ring (bicyclic) bond motifs is 1. The van der Waals surface area contributed by atoms with Gasteiger partial charge in [0, 0.05) is 11.4 Å². The zero-order chi connectivity index (χ0) is 20.7. The highest BCUT2D eigenvalue weighted by Crippen LogP contribution is 2.52. The maximum Gasteiger partial charge on any atom is 0.167 e. The third-order valence-electron chi connectivity index (χ3n) is 4.86. The molecule has 0 amide bonds. The lowest BCUT2D eigenvalue weighted by Crippen LogP contribution is -2.29. The van der Waals surface area contributed by atoms with Crippen LogP contribution in [0.4, 0.5) is 15.9 Å². The molecule has 0 fully saturated rings. The third-order valence-corrected chi connectivity index (χ3v) is 8.04. The fraction of sp³-hybridized carbons (Fsp3) is 0.0435. The van der Waals surface area contributed by atoms with E-state index < -0.39 is 0 Å². The van der Waals surface area contributed by atoms with Crippen molar-refractivity contribution >= 4 is 63.4 Å². The van der Waals surface area contributed by atoms with Gasteiger partial charge in [0.1, 0.15) is 16.0 Å². The van der Waals surface area contributed by atoms with Crippen LogP contribution in [0, 0.1) is 9.77 Å². The molecule has 1 unspecified atom stereocenters. The third kappa shape index (κ3) is 3.41. The van der Waals surface area contributed by atoms with E-state index in [0.29, 0.717) is 4.32 Å². The van der Waals surface area contributed by atoms with Crippen LogP contribution in [0.1, 0.15) is 15.7 Å². The standard InChI is InChI=1S/C23H15FN2S4/c24-16-11-13-18(14-12-16)26-21-20(19(29-22(26)27)15-7-3-1-4-8-15)30-23(28)25(21)17-9-5-2-6-10-17/h1-14,19H. The first kappa shape index (κ1) is 19.6. The SMILES string of the molecule is Fc1ccc(N2C(=S)SC(c3ccccc3)c3sc(=S)n(-c4ccccc4)c32)cc1. The molecule has 0 radical (unpaired) electrons. The van der Waals surface area contributed by atoms with Gasteiger partial charge in [0.15, 0.2) is 3.95 Å². The van der Waals surface area contributed by atoms with E-state index in [1.54, 1.807) is 35.2 Å². The molecular formula is C23H15FN2S4. The number of rotatable bonds is 3. The summed E-state index contributed by atoms with van der Waals surface area (Å²) in [7, 11) is 0. The Morgan fingerprint density at radius 2 is 1.40 bits per heavy atom. The van der Waals surface area contributed by atoms with Crippen molar-refractivity contribution in [1.82, 2.24) is 4.57 Å². The molecule has 1 aliphatic rings. The fourth-order valence-electron chi connectivity index (χ4n) is 3.53. The van der Waals surface area contributed by atoms with E-state index >= 15 is 0 Å². The minimum atomic E-state index is -0.276. The largest absolute Gasteiger partial charge is 0.280 e. The van der Waals surface area contributed by atoms with Crippen LogP contribution in [0.15, 0.2) is 84.9 Å². The van der Waals surface area contributed by atoms with E-state index in [1.807, 2.05) is 53.4 Å². The van der Waals surface area contributed by atoms with E-state index in [-0.39, 0.29) is 11.1 Å². The van der Waals surface area contributed by atoms with E-state index in [2.05, 4.69) is 16.7 Å². The van der Waals surface area contributed by atoms with Gasteiger partial charge in [-0.15, -0.1) is 11.3 Å². The molecule has 0 aliphatic carbocycles. The number of halogens is 1. The van der Waals surface area contributed by atoms with E-state index in [1.165, 1.54) is 17.7 Å². The van der Waals surface area contributed by atoms with Crippen molar-refractivity contribution in [3.63, 3.8) is 0 Å². The zero-order valence-electron chi connectivity index (χ0n) is 15.6. The predicted molar refractivity (Wildman–Crippen MR) is 131 cm³/mol. The number of benzene rings is 3. The molecule has 7 heteroatoms. The summed E-state index contributed by atoms with van der Waals surface area (Å²) in [6.45, 7) is 0. The van der Waals surface area contributed by atoms with Gasteiger partial charge in [-0.1, -0.05) is 72.5 Å². The van der Waals surface area contributed by atoms with Gasteiger partial charge >= 0.3 is 0 Å². The summed E-state index contributed by atoms with van der Waals surface area (Å²) in [5, 5.41) is 0.0575. The van der Waals surface area contributed by atoms with Gasteiger partial charge in [0.25, 0.3) is 0 Å². The lowest BCUT2D eigenvalue weighted by molar-refractivity contribution is 0.628. The van der Waals surface area contributed by atoms with Crippen LogP contribution in [0.25, 0.3) is 5.69 Å². The molecule has 148 valence electrons. The molecule has 4 aromatic rings. The van der Waals surface area contributed by atoms with Gasteiger partial charge in [-0.05, 0) is 54.2 Å². The minimum Gasteiger partial charge on any atom is -0.280 e. The van der Waals surface area contributed by atoms with Crippen molar-refractivity contribution in [3.8, 4) is 5.69 Å². The number of aromatic nitrogens is 1. The summed E-state index contributed by atoms with van der Waals surface area (Å²) >= 11 is 14.9. The van der Waals surface area contributed by atoms with Crippen molar-refractivity contribution in [2.24, 2.45) is 0 Å². The van der Waals surface area contributed by atoms with Crippen molar-refractivity contribution in [3.05, 3.63) is 105 Å². The average Bonchev–Trinajstić information content (AvgIpc) is 3.12. The quantitative estimate of drug-likeness (QED) is 0.286. The molecule has 2 nitrogen and oxygen atoms in total. The first-order valence-corrected chi connectivity index (χ1v) is 11.8.